The molecule has 0 spiro atoms. The Morgan fingerprint density at radius 1 is 1.45 bits per heavy atom. The first kappa shape index (κ1) is 8.91. The topological polar surface area (TPSA) is 20.3 Å². The summed E-state index contributed by atoms with van der Waals surface area (Å²) in [7, 11) is 0. The van der Waals surface area contributed by atoms with Crippen LogP contribution >= 0.6 is 12.6 Å². The minimum atomic E-state index is 0.337. The van der Waals surface area contributed by atoms with Gasteiger partial charge in [-0.15, -0.1) is 0 Å². The molecule has 1 aliphatic rings. The SMILES string of the molecule is O=C1CCCN1CCCCS. The van der Waals surface area contributed by atoms with Crippen LogP contribution in [-0.4, -0.2) is 29.6 Å². The van der Waals surface area contributed by atoms with Crippen LogP contribution in [0.1, 0.15) is 25.7 Å². The number of amides is 1. The number of rotatable bonds is 4. The predicted molar refractivity (Wildman–Crippen MR) is 48.9 cm³/mol. The summed E-state index contributed by atoms with van der Waals surface area (Å²) in [5.41, 5.74) is 0. The lowest BCUT2D eigenvalue weighted by molar-refractivity contribution is -0.127. The smallest absolute Gasteiger partial charge is 0.222 e. The maximum Gasteiger partial charge on any atom is 0.222 e. The molecule has 2 nitrogen and oxygen atoms in total. The van der Waals surface area contributed by atoms with E-state index in [1.165, 1.54) is 0 Å². The molecule has 1 heterocycles. The molecule has 1 saturated heterocycles. The van der Waals surface area contributed by atoms with E-state index in [4.69, 9.17) is 0 Å². The summed E-state index contributed by atoms with van der Waals surface area (Å²) in [6.45, 7) is 1.92. The van der Waals surface area contributed by atoms with E-state index in [0.29, 0.717) is 5.91 Å². The number of nitrogens with zero attached hydrogens (tertiary/aromatic N) is 1. The minimum Gasteiger partial charge on any atom is -0.343 e. The summed E-state index contributed by atoms with van der Waals surface area (Å²) in [6.07, 6.45) is 4.04. The predicted octanol–water partition coefficient (Wildman–Crippen LogP) is 1.32. The van der Waals surface area contributed by atoms with Crippen molar-refractivity contribution in [3.05, 3.63) is 0 Å². The van der Waals surface area contributed by atoms with Gasteiger partial charge in [0.15, 0.2) is 0 Å². The van der Waals surface area contributed by atoms with Crippen LogP contribution in [-0.2, 0) is 4.79 Å². The van der Waals surface area contributed by atoms with Gasteiger partial charge in [0, 0.05) is 19.5 Å². The van der Waals surface area contributed by atoms with Crippen molar-refractivity contribution in [2.45, 2.75) is 25.7 Å². The molecule has 1 amide bonds. The molecule has 11 heavy (non-hydrogen) atoms. The maximum absolute atomic E-state index is 11.1. The molecular weight excluding hydrogens is 158 g/mol. The zero-order chi connectivity index (χ0) is 8.10. The Bertz CT molecular complexity index is 138. The average molecular weight is 173 g/mol. The first-order valence-corrected chi connectivity index (χ1v) is 4.86. The fraction of sp³-hybridized carbons (Fsp3) is 0.875. The van der Waals surface area contributed by atoms with Gasteiger partial charge in [0.1, 0.15) is 0 Å². The van der Waals surface area contributed by atoms with Crippen LogP contribution in [0.2, 0.25) is 0 Å². The summed E-state index contributed by atoms with van der Waals surface area (Å²) in [6, 6.07) is 0. The van der Waals surface area contributed by atoms with Crippen molar-refractivity contribution >= 4 is 18.5 Å². The van der Waals surface area contributed by atoms with Crippen LogP contribution in [0.3, 0.4) is 0 Å². The van der Waals surface area contributed by atoms with Gasteiger partial charge in [-0.3, -0.25) is 4.79 Å². The van der Waals surface area contributed by atoms with Gasteiger partial charge in [-0.25, -0.2) is 0 Å². The highest BCUT2D eigenvalue weighted by atomic mass is 32.1. The Hall–Kier alpha value is -0.180. The van der Waals surface area contributed by atoms with Gasteiger partial charge >= 0.3 is 0 Å². The number of carbonyl (C=O) groups excluding carboxylic acids is 1. The van der Waals surface area contributed by atoms with Crippen LogP contribution in [0, 0.1) is 0 Å². The van der Waals surface area contributed by atoms with Crippen molar-refractivity contribution in [1.29, 1.82) is 0 Å². The van der Waals surface area contributed by atoms with Crippen molar-refractivity contribution in [3.8, 4) is 0 Å². The van der Waals surface area contributed by atoms with E-state index in [1.807, 2.05) is 4.90 Å². The monoisotopic (exact) mass is 173 g/mol. The summed E-state index contributed by atoms with van der Waals surface area (Å²) in [5.74, 6) is 1.27. The number of thiol groups is 1. The van der Waals surface area contributed by atoms with E-state index in [1.54, 1.807) is 0 Å². The molecule has 3 heteroatoms. The maximum atomic E-state index is 11.1. The van der Waals surface area contributed by atoms with E-state index in [2.05, 4.69) is 12.6 Å². The highest BCUT2D eigenvalue weighted by Crippen LogP contribution is 2.10. The van der Waals surface area contributed by atoms with Crippen molar-refractivity contribution in [2.75, 3.05) is 18.8 Å². The van der Waals surface area contributed by atoms with Gasteiger partial charge in [0.05, 0.1) is 0 Å². The third kappa shape index (κ3) is 2.73. The van der Waals surface area contributed by atoms with Crippen molar-refractivity contribution in [3.63, 3.8) is 0 Å². The molecule has 64 valence electrons. The summed E-state index contributed by atoms with van der Waals surface area (Å²) in [5, 5.41) is 0. The number of hydrogen-bond acceptors (Lipinski definition) is 2. The number of hydrogen-bond donors (Lipinski definition) is 1. The lowest BCUT2D eigenvalue weighted by atomic mass is 10.3. The normalized spacial score (nSPS) is 17.9. The van der Waals surface area contributed by atoms with Crippen molar-refractivity contribution < 1.29 is 4.79 Å². The lowest BCUT2D eigenvalue weighted by Crippen LogP contribution is -2.25. The molecule has 0 aliphatic carbocycles. The quantitative estimate of drug-likeness (QED) is 0.502. The second-order valence-corrected chi connectivity index (χ2v) is 3.36. The highest BCUT2D eigenvalue weighted by molar-refractivity contribution is 7.80. The number of carbonyl (C=O) groups is 1. The van der Waals surface area contributed by atoms with E-state index >= 15 is 0 Å². The second kappa shape index (κ2) is 4.65. The zero-order valence-electron chi connectivity index (χ0n) is 6.75. The molecule has 0 radical (unpaired) electrons. The van der Waals surface area contributed by atoms with Crippen molar-refractivity contribution in [1.82, 2.24) is 4.90 Å². The summed E-state index contributed by atoms with van der Waals surface area (Å²) < 4.78 is 0. The zero-order valence-corrected chi connectivity index (χ0v) is 7.65. The molecule has 0 bridgehead atoms. The molecule has 0 aromatic rings. The Kier molecular flexibility index (Phi) is 3.77. The van der Waals surface area contributed by atoms with Crippen LogP contribution < -0.4 is 0 Å². The minimum absolute atomic E-state index is 0.337. The van der Waals surface area contributed by atoms with Crippen LogP contribution in [0.4, 0.5) is 0 Å². The molecule has 0 saturated carbocycles. The molecule has 1 fully saturated rings. The first-order chi connectivity index (χ1) is 5.34. The Labute approximate surface area is 73.4 Å². The van der Waals surface area contributed by atoms with Gasteiger partial charge in [0.2, 0.25) is 5.91 Å². The van der Waals surface area contributed by atoms with E-state index in [-0.39, 0.29) is 0 Å². The number of unbranched alkanes of at least 4 members (excludes halogenated alkanes) is 1. The number of likely N-dealkylation sites (tertiary alicyclic amines) is 1. The van der Waals surface area contributed by atoms with E-state index in [0.717, 1.165) is 44.5 Å². The largest absolute Gasteiger partial charge is 0.343 e. The molecule has 0 aromatic carbocycles. The van der Waals surface area contributed by atoms with Gasteiger partial charge in [-0.1, -0.05) is 0 Å². The van der Waals surface area contributed by atoms with E-state index in [9.17, 15) is 4.79 Å². The Balaban J connectivity index is 2.10. The second-order valence-electron chi connectivity index (χ2n) is 2.92. The van der Waals surface area contributed by atoms with Crippen molar-refractivity contribution in [2.24, 2.45) is 0 Å². The van der Waals surface area contributed by atoms with Gasteiger partial charge in [0.25, 0.3) is 0 Å². The molecule has 0 unspecified atom stereocenters. The third-order valence-corrected chi connectivity index (χ3v) is 2.32. The molecule has 1 aliphatic heterocycles. The Morgan fingerprint density at radius 2 is 2.27 bits per heavy atom. The molecule has 0 N–H and O–H groups in total. The third-order valence-electron chi connectivity index (χ3n) is 2.01. The van der Waals surface area contributed by atoms with E-state index < -0.39 is 0 Å². The summed E-state index contributed by atoms with van der Waals surface area (Å²) >= 11 is 4.12. The molecular formula is C8H15NOS. The fourth-order valence-corrected chi connectivity index (χ4v) is 1.58. The summed E-state index contributed by atoms with van der Waals surface area (Å²) in [4.78, 5) is 13.0. The van der Waals surface area contributed by atoms with Crippen LogP contribution in [0.25, 0.3) is 0 Å². The lowest BCUT2D eigenvalue weighted by Gasteiger charge is -2.14. The highest BCUT2D eigenvalue weighted by Gasteiger charge is 2.18. The molecule has 0 aromatic heterocycles. The first-order valence-electron chi connectivity index (χ1n) is 4.23. The van der Waals surface area contributed by atoms with Crippen LogP contribution in [0.15, 0.2) is 0 Å². The van der Waals surface area contributed by atoms with Gasteiger partial charge < -0.3 is 4.90 Å². The molecule has 1 rings (SSSR count). The van der Waals surface area contributed by atoms with Gasteiger partial charge in [-0.05, 0) is 25.0 Å². The van der Waals surface area contributed by atoms with Gasteiger partial charge in [-0.2, -0.15) is 12.6 Å². The average Bonchev–Trinajstić information content (AvgIpc) is 2.37. The fourth-order valence-electron chi connectivity index (χ4n) is 1.35. The molecule has 0 atom stereocenters. The van der Waals surface area contributed by atoms with Crippen LogP contribution in [0.5, 0.6) is 0 Å². The standard InChI is InChI=1S/C8H15NOS/c10-8-4-3-6-9(8)5-1-2-7-11/h11H,1-7H2. The Morgan fingerprint density at radius 3 is 2.82 bits per heavy atom.